The molecule has 0 aliphatic heterocycles. The first-order valence-corrected chi connectivity index (χ1v) is 24.3. The summed E-state index contributed by atoms with van der Waals surface area (Å²) in [6.45, 7) is 0. The molecule has 16 rings (SSSR count). The Morgan fingerprint density at radius 2 is 1.04 bits per heavy atom. The highest BCUT2D eigenvalue weighted by molar-refractivity contribution is 6.17. The summed E-state index contributed by atoms with van der Waals surface area (Å²) in [5.41, 5.74) is 19.0. The smallest absolute Gasteiger partial charge is 0.160 e. The number of fused-ring (bicyclic) bond motifs is 9. The summed E-state index contributed by atoms with van der Waals surface area (Å²) in [6, 6.07) is 71.3. The minimum atomic E-state index is 0.0427. The van der Waals surface area contributed by atoms with Crippen LogP contribution in [-0.4, -0.2) is 9.97 Å². The standard InChI is InChI=1S/C64H46N2O/c1-3-13-40(14-4-1)48-20-11-22-51-59-50(21-12-24-58(59)67-62(48)51)54-36-55-49-19-9-10-23-56(49)64(45-32-38-31-39(34-45)35-46(64)33-38)57(55)37-53(54)42-25-27-44(28-26-42)63-65-60(43-16-5-2-6-17-43)52-30-29-41-15-7-8-18-47(41)61(52)66-63/h1-30,36-39,45-46H,31-35H2. The van der Waals surface area contributed by atoms with E-state index in [4.69, 9.17) is 14.4 Å². The van der Waals surface area contributed by atoms with Gasteiger partial charge < -0.3 is 4.42 Å². The van der Waals surface area contributed by atoms with Crippen LogP contribution in [0.2, 0.25) is 0 Å². The summed E-state index contributed by atoms with van der Waals surface area (Å²) in [7, 11) is 0. The van der Waals surface area contributed by atoms with Crippen molar-refractivity contribution in [1.29, 1.82) is 0 Å². The monoisotopic (exact) mass is 858 g/mol. The van der Waals surface area contributed by atoms with E-state index >= 15 is 0 Å². The molecule has 5 aliphatic rings. The molecule has 5 aliphatic carbocycles. The van der Waals surface area contributed by atoms with Crippen LogP contribution in [0.3, 0.4) is 0 Å². The Bertz CT molecular complexity index is 3780. The first-order valence-electron chi connectivity index (χ1n) is 24.3. The molecule has 67 heavy (non-hydrogen) atoms. The van der Waals surface area contributed by atoms with Crippen molar-refractivity contribution < 1.29 is 4.42 Å². The molecule has 2 heterocycles. The molecule has 0 atom stereocenters. The first-order chi connectivity index (χ1) is 33.2. The molecule has 4 saturated carbocycles. The van der Waals surface area contributed by atoms with E-state index in [1.807, 2.05) is 0 Å². The van der Waals surface area contributed by atoms with Crippen LogP contribution in [0.4, 0.5) is 0 Å². The molecule has 9 aromatic carbocycles. The van der Waals surface area contributed by atoms with E-state index < -0.39 is 0 Å². The molecule has 2 aromatic heterocycles. The highest BCUT2D eigenvalue weighted by Gasteiger charge is 2.61. The van der Waals surface area contributed by atoms with Crippen molar-refractivity contribution in [2.24, 2.45) is 23.7 Å². The van der Waals surface area contributed by atoms with E-state index in [2.05, 4.69) is 194 Å². The summed E-state index contributed by atoms with van der Waals surface area (Å²) in [6.07, 6.45) is 6.84. The van der Waals surface area contributed by atoms with Gasteiger partial charge in [-0.2, -0.15) is 0 Å². The molecule has 1 spiro atoms. The normalized spacial score (nSPS) is 21.2. The van der Waals surface area contributed by atoms with Gasteiger partial charge in [-0.05, 0) is 135 Å². The fourth-order valence-corrected chi connectivity index (χ4v) is 14.2. The van der Waals surface area contributed by atoms with Crippen molar-refractivity contribution in [2.45, 2.75) is 37.5 Å². The molecule has 4 fully saturated rings. The van der Waals surface area contributed by atoms with Crippen molar-refractivity contribution >= 4 is 43.6 Å². The fourth-order valence-electron chi connectivity index (χ4n) is 14.2. The topological polar surface area (TPSA) is 38.9 Å². The summed E-state index contributed by atoms with van der Waals surface area (Å²) in [5.74, 6) is 3.83. The van der Waals surface area contributed by atoms with Gasteiger partial charge in [0.1, 0.15) is 11.2 Å². The third-order valence-corrected chi connectivity index (χ3v) is 16.7. The number of hydrogen-bond acceptors (Lipinski definition) is 3. The van der Waals surface area contributed by atoms with Gasteiger partial charge in [0.05, 0.1) is 11.2 Å². The predicted molar refractivity (Wildman–Crippen MR) is 275 cm³/mol. The molecule has 0 unspecified atom stereocenters. The van der Waals surface area contributed by atoms with Gasteiger partial charge in [-0.25, -0.2) is 9.97 Å². The van der Waals surface area contributed by atoms with Crippen molar-refractivity contribution in [1.82, 2.24) is 9.97 Å². The summed E-state index contributed by atoms with van der Waals surface area (Å²) in [4.78, 5) is 10.7. The van der Waals surface area contributed by atoms with Crippen LogP contribution in [0.1, 0.15) is 43.2 Å². The third kappa shape index (κ3) is 5.40. The molecule has 0 N–H and O–H groups in total. The average molecular weight is 859 g/mol. The molecule has 11 aromatic rings. The SMILES string of the molecule is c1ccc(-c2nc(-c3ccc(-c4cc5c(cc4-c4cccc6oc7c(-c8ccccc8)cccc7c46)-c4ccccc4C54C5CC6CC(C5)CC4C6)cc3)nc3c2ccc2ccccc23)cc1. The Morgan fingerprint density at radius 3 is 1.85 bits per heavy atom. The molecule has 0 saturated heterocycles. The van der Waals surface area contributed by atoms with E-state index in [0.29, 0.717) is 11.8 Å². The van der Waals surface area contributed by atoms with Crippen molar-refractivity contribution in [3.63, 3.8) is 0 Å². The van der Waals surface area contributed by atoms with Crippen molar-refractivity contribution in [3.8, 4) is 67.2 Å². The lowest BCUT2D eigenvalue weighted by Crippen LogP contribution is -2.55. The second kappa shape index (κ2) is 14.2. The number of rotatable bonds is 5. The predicted octanol–water partition coefficient (Wildman–Crippen LogP) is 16.7. The van der Waals surface area contributed by atoms with Gasteiger partial charge in [0, 0.05) is 43.7 Å². The fraction of sp³-hybridized carbons (Fsp3) is 0.156. The van der Waals surface area contributed by atoms with E-state index in [1.54, 1.807) is 11.1 Å². The summed E-state index contributed by atoms with van der Waals surface area (Å²) >= 11 is 0. The van der Waals surface area contributed by atoms with Crippen LogP contribution in [0.25, 0.3) is 111 Å². The van der Waals surface area contributed by atoms with E-state index in [0.717, 1.165) is 83.8 Å². The molecule has 0 radical (unpaired) electrons. The van der Waals surface area contributed by atoms with Gasteiger partial charge >= 0.3 is 0 Å². The highest BCUT2D eigenvalue weighted by atomic mass is 16.3. The molecular weight excluding hydrogens is 813 g/mol. The molecule has 3 heteroatoms. The second-order valence-corrected chi connectivity index (χ2v) is 20.0. The Morgan fingerprint density at radius 1 is 0.403 bits per heavy atom. The Labute approximate surface area is 389 Å². The second-order valence-electron chi connectivity index (χ2n) is 20.0. The van der Waals surface area contributed by atoms with Crippen molar-refractivity contribution in [2.75, 3.05) is 0 Å². The summed E-state index contributed by atoms with van der Waals surface area (Å²) < 4.78 is 6.90. The molecule has 318 valence electrons. The van der Waals surface area contributed by atoms with Crippen LogP contribution in [-0.2, 0) is 5.41 Å². The van der Waals surface area contributed by atoms with Gasteiger partial charge in [0.15, 0.2) is 5.82 Å². The zero-order valence-electron chi connectivity index (χ0n) is 37.1. The quantitative estimate of drug-likeness (QED) is 0.162. The minimum absolute atomic E-state index is 0.0427. The zero-order valence-corrected chi connectivity index (χ0v) is 37.1. The number of furan rings is 1. The number of hydrogen-bond donors (Lipinski definition) is 0. The Balaban J connectivity index is 0.963. The van der Waals surface area contributed by atoms with Gasteiger partial charge in [0.25, 0.3) is 0 Å². The maximum atomic E-state index is 6.90. The van der Waals surface area contributed by atoms with Crippen LogP contribution in [0.15, 0.2) is 199 Å². The lowest BCUT2D eigenvalue weighted by molar-refractivity contribution is -0.0399. The lowest BCUT2D eigenvalue weighted by Gasteiger charge is -2.61. The average Bonchev–Trinajstić information content (AvgIpc) is 3.91. The molecule has 3 nitrogen and oxygen atoms in total. The number of para-hydroxylation sites is 1. The van der Waals surface area contributed by atoms with Gasteiger partial charge in [-0.3, -0.25) is 0 Å². The Kier molecular flexibility index (Phi) is 7.96. The zero-order chi connectivity index (χ0) is 43.8. The van der Waals surface area contributed by atoms with Crippen LogP contribution >= 0.6 is 0 Å². The van der Waals surface area contributed by atoms with Gasteiger partial charge in [-0.15, -0.1) is 0 Å². The number of aromatic nitrogens is 2. The third-order valence-electron chi connectivity index (χ3n) is 16.7. The van der Waals surface area contributed by atoms with E-state index in [-0.39, 0.29) is 5.41 Å². The first kappa shape index (κ1) is 37.6. The number of benzene rings is 9. The lowest BCUT2D eigenvalue weighted by atomic mass is 9.43. The minimum Gasteiger partial charge on any atom is -0.455 e. The van der Waals surface area contributed by atoms with Crippen molar-refractivity contribution in [3.05, 3.63) is 205 Å². The van der Waals surface area contributed by atoms with Crippen LogP contribution in [0.5, 0.6) is 0 Å². The largest absolute Gasteiger partial charge is 0.455 e. The maximum absolute atomic E-state index is 6.90. The molecule has 4 bridgehead atoms. The summed E-state index contributed by atoms with van der Waals surface area (Å²) in [5, 5.41) is 5.67. The van der Waals surface area contributed by atoms with E-state index in [1.165, 1.54) is 70.9 Å². The highest BCUT2D eigenvalue weighted by Crippen LogP contribution is 2.70. The number of nitrogens with zero attached hydrogens (tertiary/aromatic N) is 2. The van der Waals surface area contributed by atoms with Gasteiger partial charge in [0.2, 0.25) is 0 Å². The Hall–Kier alpha value is -7.62. The maximum Gasteiger partial charge on any atom is 0.160 e. The molecule has 0 amide bonds. The van der Waals surface area contributed by atoms with E-state index in [9.17, 15) is 0 Å². The van der Waals surface area contributed by atoms with Crippen LogP contribution < -0.4 is 0 Å². The van der Waals surface area contributed by atoms with Crippen LogP contribution in [0, 0.1) is 23.7 Å². The van der Waals surface area contributed by atoms with Gasteiger partial charge in [-0.1, -0.05) is 170 Å². The molecular formula is C64H46N2O.